The maximum absolute atomic E-state index is 11.1. The Morgan fingerprint density at radius 2 is 2.18 bits per heavy atom. The highest BCUT2D eigenvalue weighted by Crippen LogP contribution is 2.21. The van der Waals surface area contributed by atoms with Gasteiger partial charge in [-0.25, -0.2) is 14.5 Å². The van der Waals surface area contributed by atoms with E-state index < -0.39 is 5.97 Å². The van der Waals surface area contributed by atoms with Crippen LogP contribution in [0.5, 0.6) is 0 Å². The Morgan fingerprint density at radius 1 is 1.47 bits per heavy atom. The summed E-state index contributed by atoms with van der Waals surface area (Å²) < 4.78 is 1.45. The predicted octanol–water partition coefficient (Wildman–Crippen LogP) is 2.24. The number of aryl methyl sites for hydroxylation is 1. The fourth-order valence-electron chi connectivity index (χ4n) is 1.69. The molecule has 2 aromatic heterocycles. The second kappa shape index (κ2) is 4.18. The maximum atomic E-state index is 11.1. The monoisotopic (exact) mass is 251 g/mol. The molecule has 0 aliphatic carbocycles. The lowest BCUT2D eigenvalue weighted by atomic mass is 10.2. The van der Waals surface area contributed by atoms with Crippen LogP contribution in [-0.4, -0.2) is 25.8 Å². The smallest absolute Gasteiger partial charge is 0.339 e. The number of carboxylic acid groups (broad SMARTS) is 1. The summed E-state index contributed by atoms with van der Waals surface area (Å²) in [5, 5.41) is 13.6. The van der Waals surface area contributed by atoms with Gasteiger partial charge in [-0.3, -0.25) is 0 Å². The number of carboxylic acids is 1. The molecule has 2 heterocycles. The summed E-state index contributed by atoms with van der Waals surface area (Å²) in [7, 11) is 0. The number of hydrogen-bond acceptors (Lipinski definition) is 3. The van der Waals surface area contributed by atoms with Crippen LogP contribution in [0.1, 0.15) is 21.7 Å². The lowest BCUT2D eigenvalue weighted by Crippen LogP contribution is -2.04. The molecule has 1 N–H and O–H groups in total. The van der Waals surface area contributed by atoms with Gasteiger partial charge >= 0.3 is 5.97 Å². The van der Waals surface area contributed by atoms with E-state index >= 15 is 0 Å². The van der Waals surface area contributed by atoms with Crippen molar-refractivity contribution in [3.8, 4) is 5.82 Å². The van der Waals surface area contributed by atoms with E-state index in [1.165, 1.54) is 4.68 Å². The first-order valence-electron chi connectivity index (χ1n) is 4.92. The first-order chi connectivity index (χ1) is 8.02. The van der Waals surface area contributed by atoms with Gasteiger partial charge in [0.1, 0.15) is 5.56 Å². The molecule has 6 heteroatoms. The summed E-state index contributed by atoms with van der Waals surface area (Å²) in [5.74, 6) is -0.569. The largest absolute Gasteiger partial charge is 0.478 e. The van der Waals surface area contributed by atoms with Crippen molar-refractivity contribution in [1.82, 2.24) is 14.8 Å². The van der Waals surface area contributed by atoms with E-state index in [1.54, 1.807) is 32.2 Å². The van der Waals surface area contributed by atoms with E-state index in [0.717, 1.165) is 0 Å². The van der Waals surface area contributed by atoms with Gasteiger partial charge in [-0.05, 0) is 26.0 Å². The molecule has 0 spiro atoms. The molecule has 0 radical (unpaired) electrons. The van der Waals surface area contributed by atoms with Crippen molar-refractivity contribution >= 4 is 17.6 Å². The van der Waals surface area contributed by atoms with Crippen molar-refractivity contribution < 1.29 is 9.90 Å². The third-order valence-corrected chi connectivity index (χ3v) is 2.74. The normalized spacial score (nSPS) is 10.5. The van der Waals surface area contributed by atoms with Crippen LogP contribution >= 0.6 is 11.6 Å². The second-order valence-electron chi connectivity index (χ2n) is 3.57. The number of aromatic nitrogens is 3. The van der Waals surface area contributed by atoms with E-state index in [9.17, 15) is 4.79 Å². The van der Waals surface area contributed by atoms with Crippen molar-refractivity contribution in [1.29, 1.82) is 0 Å². The summed E-state index contributed by atoms with van der Waals surface area (Å²) in [6.45, 7) is 3.32. The van der Waals surface area contributed by atoms with Crippen LogP contribution in [0, 0.1) is 13.8 Å². The molecule has 0 aliphatic rings. The predicted molar refractivity (Wildman–Crippen MR) is 62.8 cm³/mol. The van der Waals surface area contributed by atoms with Crippen LogP contribution in [0.25, 0.3) is 5.82 Å². The zero-order valence-corrected chi connectivity index (χ0v) is 10.1. The summed E-state index contributed by atoms with van der Waals surface area (Å²) in [6.07, 6.45) is 1.58. The van der Waals surface area contributed by atoms with Crippen molar-refractivity contribution in [2.45, 2.75) is 13.8 Å². The highest BCUT2D eigenvalue weighted by atomic mass is 35.5. The number of aromatic carboxylic acids is 1. The first-order valence-corrected chi connectivity index (χ1v) is 5.30. The van der Waals surface area contributed by atoms with Crippen LogP contribution in [0.2, 0.25) is 5.02 Å². The van der Waals surface area contributed by atoms with Gasteiger partial charge in [-0.1, -0.05) is 11.6 Å². The van der Waals surface area contributed by atoms with Crippen molar-refractivity contribution in [3.63, 3.8) is 0 Å². The van der Waals surface area contributed by atoms with E-state index in [1.807, 2.05) is 0 Å². The van der Waals surface area contributed by atoms with Crippen LogP contribution < -0.4 is 0 Å². The summed E-state index contributed by atoms with van der Waals surface area (Å²) in [6, 6.07) is 3.39. The average Bonchev–Trinajstić information content (AvgIpc) is 2.55. The number of hydrogen-bond donors (Lipinski definition) is 1. The molecular formula is C11H10ClN3O2. The highest BCUT2D eigenvalue weighted by Gasteiger charge is 2.19. The van der Waals surface area contributed by atoms with Crippen LogP contribution in [-0.2, 0) is 0 Å². The highest BCUT2D eigenvalue weighted by molar-refractivity contribution is 6.32. The quantitative estimate of drug-likeness (QED) is 0.889. The van der Waals surface area contributed by atoms with Crippen LogP contribution in [0.15, 0.2) is 18.3 Å². The number of carbonyl (C=O) groups is 1. The third-order valence-electron chi connectivity index (χ3n) is 2.44. The van der Waals surface area contributed by atoms with Gasteiger partial charge in [0.05, 0.1) is 16.4 Å². The minimum Gasteiger partial charge on any atom is -0.478 e. The van der Waals surface area contributed by atoms with Gasteiger partial charge in [0.15, 0.2) is 5.82 Å². The molecule has 0 bridgehead atoms. The van der Waals surface area contributed by atoms with Gasteiger partial charge < -0.3 is 5.11 Å². The third kappa shape index (κ3) is 1.89. The fourth-order valence-corrected chi connectivity index (χ4v) is 1.89. The molecule has 0 amide bonds. The molecule has 2 rings (SSSR count). The minimum absolute atomic E-state index is 0.187. The molecule has 5 nitrogen and oxygen atoms in total. The zero-order chi connectivity index (χ0) is 12.6. The topological polar surface area (TPSA) is 68.0 Å². The molecule has 0 saturated heterocycles. The van der Waals surface area contributed by atoms with Crippen LogP contribution in [0.4, 0.5) is 0 Å². The molecule has 0 saturated carbocycles. The van der Waals surface area contributed by atoms with Gasteiger partial charge in [0.2, 0.25) is 0 Å². The van der Waals surface area contributed by atoms with E-state index in [-0.39, 0.29) is 5.56 Å². The Morgan fingerprint density at radius 3 is 2.71 bits per heavy atom. The van der Waals surface area contributed by atoms with Gasteiger partial charge in [-0.2, -0.15) is 5.10 Å². The van der Waals surface area contributed by atoms with Gasteiger partial charge in [0.25, 0.3) is 0 Å². The lowest BCUT2D eigenvalue weighted by molar-refractivity contribution is 0.0695. The zero-order valence-electron chi connectivity index (χ0n) is 9.31. The Hall–Kier alpha value is -1.88. The number of nitrogens with zero attached hydrogens (tertiary/aromatic N) is 3. The molecule has 2 aromatic rings. The lowest BCUT2D eigenvalue weighted by Gasteiger charge is -2.04. The fraction of sp³-hybridized carbons (Fsp3) is 0.182. The van der Waals surface area contributed by atoms with Crippen molar-refractivity contribution in [3.05, 3.63) is 40.3 Å². The molecule has 0 atom stereocenters. The molecule has 17 heavy (non-hydrogen) atoms. The summed E-state index contributed by atoms with van der Waals surface area (Å²) in [5.41, 5.74) is 1.14. The Kier molecular flexibility index (Phi) is 2.85. The Labute approximate surface area is 103 Å². The standard InChI is InChI=1S/C11H10ClN3O2/c1-6-9(11(16)17)7(2)15(14-6)10-8(12)4-3-5-13-10/h3-5H,1-2H3,(H,16,17). The second-order valence-corrected chi connectivity index (χ2v) is 3.98. The molecule has 0 aromatic carbocycles. The van der Waals surface area contributed by atoms with Gasteiger partial charge in [-0.15, -0.1) is 0 Å². The van der Waals surface area contributed by atoms with Crippen LogP contribution in [0.3, 0.4) is 0 Å². The van der Waals surface area contributed by atoms with E-state index in [4.69, 9.17) is 16.7 Å². The van der Waals surface area contributed by atoms with Crippen molar-refractivity contribution in [2.75, 3.05) is 0 Å². The van der Waals surface area contributed by atoms with E-state index in [2.05, 4.69) is 10.1 Å². The SMILES string of the molecule is Cc1nn(-c2ncccc2Cl)c(C)c1C(=O)O. The number of pyridine rings is 1. The number of halogens is 1. The summed E-state index contributed by atoms with van der Waals surface area (Å²) >= 11 is 6.00. The van der Waals surface area contributed by atoms with Crippen molar-refractivity contribution in [2.24, 2.45) is 0 Å². The Balaban J connectivity index is 2.66. The maximum Gasteiger partial charge on any atom is 0.339 e. The van der Waals surface area contributed by atoms with E-state index in [0.29, 0.717) is 22.2 Å². The summed E-state index contributed by atoms with van der Waals surface area (Å²) in [4.78, 5) is 15.2. The molecular weight excluding hydrogens is 242 g/mol. The van der Waals surface area contributed by atoms with Gasteiger partial charge in [0, 0.05) is 6.20 Å². The minimum atomic E-state index is -1.00. The molecule has 0 unspecified atom stereocenters. The average molecular weight is 252 g/mol. The molecule has 0 fully saturated rings. The Bertz CT molecular complexity index is 592. The number of rotatable bonds is 2. The first kappa shape index (κ1) is 11.6. The molecule has 0 aliphatic heterocycles. The molecule has 88 valence electrons.